The molecule has 152 valence electrons. The standard InChI is InChI=1S/C22H25N3O3S/c1-27-18-10-9-16(12-19(18)28-2)23-21(26)14-25-11-5-6-15(13-25)22-24-17-7-3-4-8-20(17)29-22/h3-4,7-10,12,15H,5-6,11,13-14H2,1-2H3,(H,23,26)/p+1/t15-/m1/s1. The van der Waals surface area contributed by atoms with E-state index in [1.54, 1.807) is 37.7 Å². The number of hydrogen-bond acceptors (Lipinski definition) is 5. The van der Waals surface area contributed by atoms with Crippen LogP contribution < -0.4 is 19.7 Å². The number of benzene rings is 2. The predicted octanol–water partition coefficient (Wildman–Crippen LogP) is 2.71. The van der Waals surface area contributed by atoms with E-state index < -0.39 is 0 Å². The number of quaternary nitrogens is 1. The fourth-order valence-corrected chi connectivity index (χ4v) is 5.04. The van der Waals surface area contributed by atoms with Crippen LogP contribution in [-0.2, 0) is 4.79 Å². The van der Waals surface area contributed by atoms with Gasteiger partial charge in [-0.1, -0.05) is 12.1 Å². The molecule has 6 nitrogen and oxygen atoms in total. The molecule has 0 radical (unpaired) electrons. The predicted molar refractivity (Wildman–Crippen MR) is 115 cm³/mol. The SMILES string of the molecule is COc1ccc(NC(=O)C[NH+]2CCC[C@@H](c3nc4ccccc4s3)C2)cc1OC. The third kappa shape index (κ3) is 4.52. The first-order valence-corrected chi connectivity index (χ1v) is 10.7. The van der Waals surface area contributed by atoms with Crippen molar-refractivity contribution in [2.45, 2.75) is 18.8 Å². The molecule has 1 aliphatic heterocycles. The number of ether oxygens (including phenoxy) is 2. The second-order valence-corrected chi connectivity index (χ2v) is 8.42. The normalized spacial score (nSPS) is 19.1. The number of anilines is 1. The fraction of sp³-hybridized carbons (Fsp3) is 0.364. The summed E-state index contributed by atoms with van der Waals surface area (Å²) in [5, 5.41) is 4.18. The number of hydrogen-bond donors (Lipinski definition) is 2. The molecule has 29 heavy (non-hydrogen) atoms. The summed E-state index contributed by atoms with van der Waals surface area (Å²) in [7, 11) is 3.18. The molecule has 2 atom stereocenters. The van der Waals surface area contributed by atoms with Gasteiger partial charge >= 0.3 is 0 Å². The Morgan fingerprint density at radius 1 is 1.21 bits per heavy atom. The first kappa shape index (κ1) is 19.7. The summed E-state index contributed by atoms with van der Waals surface area (Å²) in [4.78, 5) is 18.7. The number of para-hydroxylation sites is 1. The molecule has 2 heterocycles. The van der Waals surface area contributed by atoms with Gasteiger partial charge in [0, 0.05) is 11.8 Å². The van der Waals surface area contributed by atoms with Gasteiger partial charge in [0.1, 0.15) is 5.01 Å². The summed E-state index contributed by atoms with van der Waals surface area (Å²) in [6, 6.07) is 13.7. The van der Waals surface area contributed by atoms with E-state index in [9.17, 15) is 4.79 Å². The van der Waals surface area contributed by atoms with Crippen LogP contribution in [0.25, 0.3) is 10.2 Å². The molecule has 4 rings (SSSR count). The first-order valence-electron chi connectivity index (χ1n) is 9.87. The van der Waals surface area contributed by atoms with Crippen molar-refractivity contribution in [3.63, 3.8) is 0 Å². The van der Waals surface area contributed by atoms with Crippen molar-refractivity contribution in [3.05, 3.63) is 47.5 Å². The number of methoxy groups -OCH3 is 2. The fourth-order valence-electron chi connectivity index (χ4n) is 3.93. The average Bonchev–Trinajstić information content (AvgIpc) is 3.18. The third-order valence-corrected chi connectivity index (χ3v) is 6.55. The minimum absolute atomic E-state index is 0.0113. The summed E-state index contributed by atoms with van der Waals surface area (Å²) in [6.07, 6.45) is 2.25. The monoisotopic (exact) mass is 412 g/mol. The van der Waals surface area contributed by atoms with E-state index in [2.05, 4.69) is 23.5 Å². The molecule has 2 aromatic carbocycles. The van der Waals surface area contributed by atoms with Crippen molar-refractivity contribution in [3.8, 4) is 11.5 Å². The Labute approximate surface area is 174 Å². The number of fused-ring (bicyclic) bond motifs is 1. The molecule has 3 aromatic rings. The van der Waals surface area contributed by atoms with E-state index in [0.717, 1.165) is 31.4 Å². The van der Waals surface area contributed by atoms with Crippen LogP contribution in [0.4, 0.5) is 5.69 Å². The number of likely N-dealkylation sites (tertiary alicyclic amines) is 1. The van der Waals surface area contributed by atoms with Crippen LogP contribution in [0.2, 0.25) is 0 Å². The lowest BCUT2D eigenvalue weighted by molar-refractivity contribution is -0.898. The first-order chi connectivity index (χ1) is 14.2. The van der Waals surface area contributed by atoms with E-state index in [-0.39, 0.29) is 5.91 Å². The summed E-state index contributed by atoms with van der Waals surface area (Å²) in [5.41, 5.74) is 1.79. The van der Waals surface area contributed by atoms with Crippen LogP contribution in [-0.4, -0.2) is 44.7 Å². The molecule has 7 heteroatoms. The molecule has 1 fully saturated rings. The van der Waals surface area contributed by atoms with Gasteiger partial charge in [0.2, 0.25) is 0 Å². The van der Waals surface area contributed by atoms with Crippen LogP contribution in [0, 0.1) is 0 Å². The maximum atomic E-state index is 12.6. The number of thiazole rings is 1. The molecule has 0 aliphatic carbocycles. The van der Waals surface area contributed by atoms with Gasteiger partial charge in [-0.25, -0.2) is 4.98 Å². The van der Waals surface area contributed by atoms with E-state index >= 15 is 0 Å². The maximum Gasteiger partial charge on any atom is 0.279 e. The van der Waals surface area contributed by atoms with Gasteiger partial charge in [-0.2, -0.15) is 0 Å². The number of carbonyl (C=O) groups is 1. The zero-order valence-electron chi connectivity index (χ0n) is 16.7. The van der Waals surface area contributed by atoms with E-state index in [4.69, 9.17) is 14.5 Å². The van der Waals surface area contributed by atoms with E-state index in [1.807, 2.05) is 12.1 Å². The zero-order valence-corrected chi connectivity index (χ0v) is 17.6. The van der Waals surface area contributed by atoms with Crippen molar-refractivity contribution < 1.29 is 19.2 Å². The lowest BCUT2D eigenvalue weighted by atomic mass is 9.99. The molecule has 1 amide bonds. The Morgan fingerprint density at radius 2 is 2.03 bits per heavy atom. The second kappa shape index (κ2) is 8.80. The molecule has 1 saturated heterocycles. The molecule has 0 spiro atoms. The van der Waals surface area contributed by atoms with Crippen LogP contribution in [0.1, 0.15) is 23.8 Å². The lowest BCUT2D eigenvalue weighted by Gasteiger charge is -2.28. The molecule has 1 unspecified atom stereocenters. The van der Waals surface area contributed by atoms with Crippen LogP contribution in [0.5, 0.6) is 11.5 Å². The van der Waals surface area contributed by atoms with Crippen molar-refractivity contribution in [2.75, 3.05) is 39.2 Å². The largest absolute Gasteiger partial charge is 0.493 e. The number of amides is 1. The van der Waals surface area contributed by atoms with Gasteiger partial charge in [-0.3, -0.25) is 4.79 Å². The highest BCUT2D eigenvalue weighted by molar-refractivity contribution is 7.18. The van der Waals surface area contributed by atoms with E-state index in [1.165, 1.54) is 14.6 Å². The Kier molecular flexibility index (Phi) is 5.97. The molecular weight excluding hydrogens is 386 g/mol. The Balaban J connectivity index is 1.38. The van der Waals surface area contributed by atoms with Gasteiger partial charge in [0.05, 0.1) is 43.4 Å². The summed E-state index contributed by atoms with van der Waals surface area (Å²) >= 11 is 1.78. The molecule has 1 aliphatic rings. The quantitative estimate of drug-likeness (QED) is 0.653. The third-order valence-electron chi connectivity index (χ3n) is 5.36. The summed E-state index contributed by atoms with van der Waals surface area (Å²) in [5.74, 6) is 1.68. The number of carbonyl (C=O) groups excluding carboxylic acids is 1. The topological polar surface area (TPSA) is 64.9 Å². The maximum absolute atomic E-state index is 12.6. The number of piperidine rings is 1. The number of rotatable bonds is 6. The minimum Gasteiger partial charge on any atom is -0.493 e. The van der Waals surface area contributed by atoms with Crippen molar-refractivity contribution >= 4 is 33.1 Å². The van der Waals surface area contributed by atoms with Crippen LogP contribution in [0.15, 0.2) is 42.5 Å². The Hall–Kier alpha value is -2.64. The summed E-state index contributed by atoms with van der Waals surface area (Å²) < 4.78 is 11.8. The zero-order chi connectivity index (χ0) is 20.2. The van der Waals surface area contributed by atoms with Crippen molar-refractivity contribution in [1.29, 1.82) is 0 Å². The summed E-state index contributed by atoms with van der Waals surface area (Å²) in [6.45, 7) is 2.41. The van der Waals surface area contributed by atoms with Gasteiger partial charge in [-0.05, 0) is 37.1 Å². The minimum atomic E-state index is 0.0113. The van der Waals surface area contributed by atoms with Crippen LogP contribution in [0.3, 0.4) is 0 Å². The lowest BCUT2D eigenvalue weighted by Crippen LogP contribution is -3.14. The Bertz CT molecular complexity index is 971. The van der Waals surface area contributed by atoms with Gasteiger partial charge in [0.15, 0.2) is 18.0 Å². The molecule has 1 aromatic heterocycles. The van der Waals surface area contributed by atoms with Gasteiger partial charge in [0.25, 0.3) is 5.91 Å². The highest BCUT2D eigenvalue weighted by Crippen LogP contribution is 2.31. The molecule has 0 bridgehead atoms. The highest BCUT2D eigenvalue weighted by Gasteiger charge is 2.28. The van der Waals surface area contributed by atoms with Crippen molar-refractivity contribution in [1.82, 2.24) is 4.98 Å². The number of nitrogens with zero attached hydrogens (tertiary/aromatic N) is 1. The van der Waals surface area contributed by atoms with Crippen molar-refractivity contribution in [2.24, 2.45) is 0 Å². The molecule has 2 N–H and O–H groups in total. The van der Waals surface area contributed by atoms with E-state index in [0.29, 0.717) is 29.6 Å². The van der Waals surface area contributed by atoms with Gasteiger partial charge in [-0.15, -0.1) is 11.3 Å². The second-order valence-electron chi connectivity index (χ2n) is 7.36. The Morgan fingerprint density at radius 3 is 2.83 bits per heavy atom. The average molecular weight is 413 g/mol. The molecular formula is C22H26N3O3S+. The number of nitrogens with one attached hydrogen (secondary N) is 2. The highest BCUT2D eigenvalue weighted by atomic mass is 32.1. The van der Waals surface area contributed by atoms with Crippen LogP contribution >= 0.6 is 11.3 Å². The molecule has 0 saturated carbocycles. The smallest absolute Gasteiger partial charge is 0.279 e. The number of aromatic nitrogens is 1. The van der Waals surface area contributed by atoms with Gasteiger partial charge < -0.3 is 19.7 Å².